The van der Waals surface area contributed by atoms with E-state index in [0.29, 0.717) is 12.3 Å². The van der Waals surface area contributed by atoms with Gasteiger partial charge in [0.15, 0.2) is 6.10 Å². The van der Waals surface area contributed by atoms with Gasteiger partial charge in [0.2, 0.25) is 0 Å². The molecule has 1 amide bonds. The van der Waals surface area contributed by atoms with Crippen LogP contribution in [0.3, 0.4) is 0 Å². The molecule has 0 unspecified atom stereocenters. The maximum absolute atomic E-state index is 12.5. The number of hydrogen-bond acceptors (Lipinski definition) is 4. The summed E-state index contributed by atoms with van der Waals surface area (Å²) in [4.78, 5) is 14.9. The summed E-state index contributed by atoms with van der Waals surface area (Å²) in [6, 6.07) is 11.4. The predicted molar refractivity (Wildman–Crippen MR) is 104 cm³/mol. The molecule has 1 aromatic carbocycles. The molecular formula is C20H25BrN2O3. The quantitative estimate of drug-likeness (QED) is 0.730. The molecule has 0 radical (unpaired) electrons. The molecule has 26 heavy (non-hydrogen) atoms. The van der Waals surface area contributed by atoms with Gasteiger partial charge in [0.25, 0.3) is 5.91 Å². The number of likely N-dealkylation sites (tertiary alicyclic amines) is 1. The number of rotatable bonds is 7. The molecule has 6 heteroatoms. The first-order valence-corrected chi connectivity index (χ1v) is 9.90. The second-order valence-electron chi connectivity index (χ2n) is 6.59. The van der Waals surface area contributed by atoms with Crippen molar-refractivity contribution in [2.75, 3.05) is 19.6 Å². The number of hydrogen-bond donors (Lipinski definition) is 1. The van der Waals surface area contributed by atoms with Crippen molar-refractivity contribution in [3.8, 4) is 5.75 Å². The van der Waals surface area contributed by atoms with Gasteiger partial charge in [-0.3, -0.25) is 9.69 Å². The van der Waals surface area contributed by atoms with Gasteiger partial charge < -0.3 is 14.5 Å². The molecule has 2 heterocycles. The van der Waals surface area contributed by atoms with Crippen molar-refractivity contribution in [2.45, 2.75) is 38.3 Å². The summed E-state index contributed by atoms with van der Waals surface area (Å²) in [7, 11) is 0. The molecule has 2 atom stereocenters. The van der Waals surface area contributed by atoms with Crippen molar-refractivity contribution in [3.63, 3.8) is 0 Å². The van der Waals surface area contributed by atoms with Crippen LogP contribution in [0.15, 0.2) is 51.6 Å². The molecule has 0 saturated carbocycles. The molecule has 140 valence electrons. The van der Waals surface area contributed by atoms with E-state index in [2.05, 4.69) is 26.1 Å². The van der Waals surface area contributed by atoms with E-state index in [1.165, 1.54) is 19.3 Å². The van der Waals surface area contributed by atoms with Crippen LogP contribution in [0, 0.1) is 0 Å². The molecule has 1 aromatic heterocycles. The van der Waals surface area contributed by atoms with E-state index in [9.17, 15) is 4.79 Å². The monoisotopic (exact) mass is 420 g/mol. The lowest BCUT2D eigenvalue weighted by Gasteiger charge is -2.33. The maximum atomic E-state index is 12.5. The number of ether oxygens (including phenoxy) is 1. The van der Waals surface area contributed by atoms with Crippen LogP contribution in [0.1, 0.15) is 38.0 Å². The summed E-state index contributed by atoms with van der Waals surface area (Å²) in [6.07, 6.45) is 4.77. The number of furan rings is 1. The summed E-state index contributed by atoms with van der Waals surface area (Å²) in [5, 5.41) is 3.02. The minimum atomic E-state index is -0.560. The Bertz CT molecular complexity index is 682. The van der Waals surface area contributed by atoms with Gasteiger partial charge in [-0.25, -0.2) is 0 Å². The summed E-state index contributed by atoms with van der Waals surface area (Å²) < 4.78 is 12.3. The highest BCUT2D eigenvalue weighted by molar-refractivity contribution is 9.10. The van der Waals surface area contributed by atoms with E-state index in [1.807, 2.05) is 36.4 Å². The lowest BCUT2D eigenvalue weighted by molar-refractivity contribution is -0.127. The van der Waals surface area contributed by atoms with E-state index in [0.717, 1.165) is 23.3 Å². The standard InChI is InChI=1S/C20H25BrN2O3/c1-15(26-17-9-7-16(21)8-10-17)20(24)22-14-18(19-6-5-13-25-19)23-11-3-2-4-12-23/h5-10,13,15,18H,2-4,11-12,14H2,1H3,(H,22,24)/t15-,18-/m0/s1. The van der Waals surface area contributed by atoms with Crippen molar-refractivity contribution in [1.29, 1.82) is 0 Å². The van der Waals surface area contributed by atoms with Crippen molar-refractivity contribution in [2.24, 2.45) is 0 Å². The van der Waals surface area contributed by atoms with Crippen molar-refractivity contribution in [1.82, 2.24) is 10.2 Å². The van der Waals surface area contributed by atoms with Gasteiger partial charge in [-0.1, -0.05) is 22.4 Å². The number of nitrogens with one attached hydrogen (secondary N) is 1. The molecule has 1 aliphatic heterocycles. The fourth-order valence-corrected chi connectivity index (χ4v) is 3.50. The Hall–Kier alpha value is -1.79. The number of benzene rings is 1. The predicted octanol–water partition coefficient (Wildman–Crippen LogP) is 4.15. The first-order chi connectivity index (χ1) is 12.6. The highest BCUT2D eigenvalue weighted by atomic mass is 79.9. The molecule has 1 saturated heterocycles. The van der Waals surface area contributed by atoms with Crippen LogP contribution in [0.2, 0.25) is 0 Å². The fraction of sp³-hybridized carbons (Fsp3) is 0.450. The van der Waals surface area contributed by atoms with Crippen LogP contribution in [0.25, 0.3) is 0 Å². The van der Waals surface area contributed by atoms with Crippen LogP contribution < -0.4 is 10.1 Å². The van der Waals surface area contributed by atoms with Crippen LogP contribution in [-0.2, 0) is 4.79 Å². The third-order valence-electron chi connectivity index (χ3n) is 4.67. The second-order valence-corrected chi connectivity index (χ2v) is 7.50. The maximum Gasteiger partial charge on any atom is 0.260 e. The minimum Gasteiger partial charge on any atom is -0.481 e. The van der Waals surface area contributed by atoms with Gasteiger partial charge in [0.05, 0.1) is 12.3 Å². The first kappa shape index (κ1) is 19.0. The Morgan fingerprint density at radius 2 is 1.96 bits per heavy atom. The Labute approximate surface area is 162 Å². The molecule has 1 N–H and O–H groups in total. The number of carbonyl (C=O) groups excluding carboxylic acids is 1. The molecule has 0 aliphatic carbocycles. The Kier molecular flexibility index (Phi) is 6.74. The van der Waals surface area contributed by atoms with E-state index >= 15 is 0 Å². The number of piperidine rings is 1. The zero-order chi connectivity index (χ0) is 18.4. The summed E-state index contributed by atoms with van der Waals surface area (Å²) in [5.74, 6) is 1.45. The third-order valence-corrected chi connectivity index (χ3v) is 5.20. The van der Waals surface area contributed by atoms with Gasteiger partial charge in [0, 0.05) is 11.0 Å². The van der Waals surface area contributed by atoms with E-state index in [1.54, 1.807) is 13.2 Å². The van der Waals surface area contributed by atoms with E-state index in [-0.39, 0.29) is 11.9 Å². The molecule has 2 aromatic rings. The van der Waals surface area contributed by atoms with E-state index < -0.39 is 6.10 Å². The van der Waals surface area contributed by atoms with Gasteiger partial charge in [0.1, 0.15) is 11.5 Å². The summed E-state index contributed by atoms with van der Waals surface area (Å²) in [5.41, 5.74) is 0. The Morgan fingerprint density at radius 3 is 2.62 bits per heavy atom. The summed E-state index contributed by atoms with van der Waals surface area (Å²) in [6.45, 7) is 4.35. The minimum absolute atomic E-state index is 0.0640. The number of nitrogens with zero attached hydrogens (tertiary/aromatic N) is 1. The molecule has 3 rings (SSSR count). The summed E-state index contributed by atoms with van der Waals surface area (Å²) >= 11 is 3.39. The average Bonchev–Trinajstić information content (AvgIpc) is 3.19. The Balaban J connectivity index is 1.57. The third kappa shape index (κ3) is 5.11. The molecule has 0 bridgehead atoms. The highest BCUT2D eigenvalue weighted by Crippen LogP contribution is 2.24. The average molecular weight is 421 g/mol. The van der Waals surface area contributed by atoms with Crippen molar-refractivity contribution < 1.29 is 13.9 Å². The van der Waals surface area contributed by atoms with Crippen LogP contribution in [-0.4, -0.2) is 36.5 Å². The SMILES string of the molecule is C[C@H](Oc1ccc(Br)cc1)C(=O)NC[C@@H](c1ccco1)N1CCCCC1. The Morgan fingerprint density at radius 1 is 1.23 bits per heavy atom. The van der Waals surface area contributed by atoms with Gasteiger partial charge >= 0.3 is 0 Å². The van der Waals surface area contributed by atoms with E-state index in [4.69, 9.17) is 9.15 Å². The van der Waals surface area contributed by atoms with Gasteiger partial charge in [-0.15, -0.1) is 0 Å². The number of amides is 1. The zero-order valence-electron chi connectivity index (χ0n) is 15.0. The van der Waals surface area contributed by atoms with Gasteiger partial charge in [-0.2, -0.15) is 0 Å². The normalized spacial score (nSPS) is 17.5. The van der Waals surface area contributed by atoms with Crippen LogP contribution in [0.5, 0.6) is 5.75 Å². The van der Waals surface area contributed by atoms with Crippen LogP contribution >= 0.6 is 15.9 Å². The van der Waals surface area contributed by atoms with Crippen LogP contribution in [0.4, 0.5) is 0 Å². The highest BCUT2D eigenvalue weighted by Gasteiger charge is 2.26. The lowest BCUT2D eigenvalue weighted by atomic mass is 10.1. The first-order valence-electron chi connectivity index (χ1n) is 9.11. The van der Waals surface area contributed by atoms with Crippen molar-refractivity contribution in [3.05, 3.63) is 52.9 Å². The molecule has 0 spiro atoms. The smallest absolute Gasteiger partial charge is 0.260 e. The molecular weight excluding hydrogens is 396 g/mol. The largest absolute Gasteiger partial charge is 0.481 e. The lowest BCUT2D eigenvalue weighted by Crippen LogP contribution is -2.43. The zero-order valence-corrected chi connectivity index (χ0v) is 16.6. The topological polar surface area (TPSA) is 54.7 Å². The fourth-order valence-electron chi connectivity index (χ4n) is 3.23. The number of halogens is 1. The number of carbonyl (C=O) groups is 1. The van der Waals surface area contributed by atoms with Gasteiger partial charge in [-0.05, 0) is 69.3 Å². The molecule has 5 nitrogen and oxygen atoms in total. The van der Waals surface area contributed by atoms with Crippen molar-refractivity contribution >= 4 is 21.8 Å². The molecule has 1 aliphatic rings. The second kappa shape index (κ2) is 9.24. The molecule has 1 fully saturated rings.